The second kappa shape index (κ2) is 15.9. The Kier molecular flexibility index (Phi) is 10.7. The average Bonchev–Trinajstić information content (AvgIpc) is 3.47. The molecule has 19 heteroatoms. The van der Waals surface area contributed by atoms with Crippen LogP contribution in [-0.4, -0.2) is 88.8 Å². The number of fused-ring (bicyclic) bond motifs is 2. The molecule has 13 nitrogen and oxygen atoms in total. The molecule has 3 aromatic carbocycles. The molecule has 1 amide bonds. The Hall–Kier alpha value is -5.24. The van der Waals surface area contributed by atoms with Crippen LogP contribution in [0.5, 0.6) is 5.88 Å². The smallest absolute Gasteiger partial charge is 0.437 e. The predicted octanol–water partition coefficient (Wildman–Crippen LogP) is 6.35. The molecule has 1 saturated carbocycles. The highest BCUT2D eigenvalue weighted by Gasteiger charge is 2.41. The normalized spacial score (nSPS) is 21.0. The van der Waals surface area contributed by atoms with E-state index in [1.807, 2.05) is 4.90 Å². The van der Waals surface area contributed by atoms with Crippen molar-refractivity contribution in [1.29, 1.82) is 0 Å². The van der Waals surface area contributed by atoms with Crippen molar-refractivity contribution >= 4 is 32.8 Å². The molecule has 2 aromatic heterocycles. The number of aliphatic hydroxyl groups excluding tert-OH is 1. The van der Waals surface area contributed by atoms with Crippen LogP contribution in [0.25, 0.3) is 33.7 Å². The number of oxazole rings is 1. The quantitative estimate of drug-likeness (QED) is 0.119. The fraction of sp³-hybridized carbons (Fsp3) is 0.429. The first kappa shape index (κ1) is 41.1. The van der Waals surface area contributed by atoms with Gasteiger partial charge >= 0.3 is 6.18 Å². The molecule has 2 aliphatic heterocycles. The first-order chi connectivity index (χ1) is 29.1. The molecule has 0 spiro atoms. The van der Waals surface area contributed by atoms with Crippen LogP contribution in [0.4, 0.5) is 27.8 Å². The van der Waals surface area contributed by atoms with Crippen LogP contribution in [0, 0.1) is 17.6 Å². The summed E-state index contributed by atoms with van der Waals surface area (Å²) in [7, 11) is -2.35. The maximum absolute atomic E-state index is 16.6. The molecule has 2 saturated heterocycles. The van der Waals surface area contributed by atoms with Crippen LogP contribution >= 0.6 is 0 Å². The summed E-state index contributed by atoms with van der Waals surface area (Å²) in [4.78, 5) is 29.0. The molecule has 0 unspecified atom stereocenters. The number of alkyl halides is 3. The van der Waals surface area contributed by atoms with Crippen LogP contribution in [0.3, 0.4) is 0 Å². The largest absolute Gasteiger partial charge is 0.480 e. The summed E-state index contributed by atoms with van der Waals surface area (Å²) in [6, 6.07) is 12.2. The molecule has 9 rings (SSSR count). The lowest BCUT2D eigenvalue weighted by Crippen LogP contribution is -2.38. The van der Waals surface area contributed by atoms with E-state index in [0.29, 0.717) is 81.4 Å². The summed E-state index contributed by atoms with van der Waals surface area (Å²) < 4.78 is 113. The third-order valence-corrected chi connectivity index (χ3v) is 13.7. The van der Waals surface area contributed by atoms with E-state index in [0.717, 1.165) is 5.56 Å². The molecule has 2 aliphatic carbocycles. The zero-order valence-electron chi connectivity index (χ0n) is 32.9. The second-order valence-electron chi connectivity index (χ2n) is 16.2. The summed E-state index contributed by atoms with van der Waals surface area (Å²) in [5, 5.41) is 12.4. The summed E-state index contributed by atoms with van der Waals surface area (Å²) in [5.74, 6) is -3.15. The van der Waals surface area contributed by atoms with Gasteiger partial charge in [-0.05, 0) is 85.5 Å². The second-order valence-corrected chi connectivity index (χ2v) is 18.2. The highest BCUT2D eigenvalue weighted by molar-refractivity contribution is 7.90. The number of hydrogen-bond donors (Lipinski definition) is 3. The van der Waals surface area contributed by atoms with Crippen LogP contribution < -0.4 is 14.8 Å². The fourth-order valence-electron chi connectivity index (χ4n) is 8.70. The van der Waals surface area contributed by atoms with Gasteiger partial charge in [0.25, 0.3) is 0 Å². The van der Waals surface area contributed by atoms with Gasteiger partial charge in [-0.2, -0.15) is 18.2 Å². The lowest BCUT2D eigenvalue weighted by atomic mass is 9.94. The number of ether oxygens (including phenoxy) is 1. The van der Waals surface area contributed by atoms with Gasteiger partial charge in [-0.1, -0.05) is 30.3 Å². The Morgan fingerprint density at radius 1 is 0.934 bits per heavy atom. The van der Waals surface area contributed by atoms with E-state index < -0.39 is 68.6 Å². The maximum atomic E-state index is 16.6. The van der Waals surface area contributed by atoms with Crippen molar-refractivity contribution in [2.24, 2.45) is 5.92 Å². The molecular formula is C42H42F5N7O6S. The number of likely N-dealkylation sites (tertiary alicyclic amines) is 2. The SMILES string of the molecule is COc1nc(N[C@@H]2CCc3c(-c4cccc(-c5nc6cc(CN7CC[C@@H](C(=O)NS(=O)(=O)C8CC8)C7)cc(F)c6o5)c4F)cccc32)c(C(F)(F)F)nc1CN1CC[C@@H](O)C1. The van der Waals surface area contributed by atoms with Crippen molar-refractivity contribution < 1.29 is 49.4 Å². The van der Waals surface area contributed by atoms with E-state index in [4.69, 9.17) is 9.15 Å². The highest BCUT2D eigenvalue weighted by Crippen LogP contribution is 2.44. The Morgan fingerprint density at radius 3 is 2.41 bits per heavy atom. The average molecular weight is 868 g/mol. The molecule has 5 aromatic rings. The standard InChI is InChI=1S/C42H42F5N7O6S/c1-59-41-34(21-54-15-13-24(55)20-54)48-37(42(45,46)47)38(51-41)49-32-11-10-27-26(4-2-5-28(27)32)29-6-3-7-30(35(29)44)40-50-33-17-22(16-31(43)36(33)60-40)18-53-14-12-23(19-53)39(56)52-61(57,58)25-8-9-25/h2-7,16-17,23-25,32,55H,8-15,18-21H2,1H3,(H,49,51)(H,52,56)/t23-,24-,32-/m1/s1. The van der Waals surface area contributed by atoms with E-state index in [1.165, 1.54) is 19.2 Å². The molecule has 0 radical (unpaired) electrons. The van der Waals surface area contributed by atoms with Gasteiger partial charge in [0.1, 0.15) is 17.0 Å². The molecule has 4 aliphatic rings. The number of anilines is 1. The minimum absolute atomic E-state index is 0.00467. The van der Waals surface area contributed by atoms with Crippen LogP contribution in [-0.2, 0) is 40.5 Å². The number of amides is 1. The fourth-order valence-corrected chi connectivity index (χ4v) is 10.1. The number of nitrogens with zero attached hydrogens (tertiary/aromatic N) is 5. The van der Waals surface area contributed by atoms with Crippen LogP contribution in [0.1, 0.15) is 66.2 Å². The zero-order chi connectivity index (χ0) is 42.8. The number of methoxy groups -OCH3 is 1. The Labute approximate surface area is 347 Å². The molecule has 3 N–H and O–H groups in total. The molecular weight excluding hydrogens is 826 g/mol. The Balaban J connectivity index is 0.941. The van der Waals surface area contributed by atoms with Crippen molar-refractivity contribution in [3.05, 3.63) is 88.2 Å². The number of aromatic nitrogens is 3. The number of carbonyl (C=O) groups is 1. The molecule has 322 valence electrons. The minimum atomic E-state index is -4.84. The molecule has 0 bridgehead atoms. The van der Waals surface area contributed by atoms with Crippen molar-refractivity contribution in [1.82, 2.24) is 29.5 Å². The Bertz CT molecular complexity index is 2640. The first-order valence-electron chi connectivity index (χ1n) is 20.1. The molecule has 4 heterocycles. The summed E-state index contributed by atoms with van der Waals surface area (Å²) in [6.07, 6.45) is -2.59. The van der Waals surface area contributed by atoms with Crippen molar-refractivity contribution in [3.8, 4) is 28.5 Å². The van der Waals surface area contributed by atoms with Crippen LogP contribution in [0.2, 0.25) is 0 Å². The summed E-state index contributed by atoms with van der Waals surface area (Å²) >= 11 is 0. The van der Waals surface area contributed by atoms with Gasteiger partial charge in [0.05, 0.1) is 36.0 Å². The number of β-amino-alcohol motifs (C(OH)–C–C–N with tert-alkyl or cyclic N) is 1. The van der Waals surface area contributed by atoms with Gasteiger partial charge in [0.2, 0.25) is 27.7 Å². The van der Waals surface area contributed by atoms with Gasteiger partial charge in [-0.15, -0.1) is 0 Å². The number of rotatable bonds is 12. The topological polar surface area (TPSA) is 163 Å². The lowest BCUT2D eigenvalue weighted by Gasteiger charge is -2.22. The lowest BCUT2D eigenvalue weighted by molar-refractivity contribution is -0.141. The molecule has 3 fully saturated rings. The third kappa shape index (κ3) is 8.27. The number of halogens is 5. The van der Waals surface area contributed by atoms with E-state index in [2.05, 4.69) is 25.0 Å². The number of aliphatic hydroxyl groups is 1. The Morgan fingerprint density at radius 2 is 1.67 bits per heavy atom. The monoisotopic (exact) mass is 867 g/mol. The van der Waals surface area contributed by atoms with Gasteiger partial charge in [0.15, 0.2) is 22.9 Å². The molecule has 3 atom stereocenters. The van der Waals surface area contributed by atoms with Gasteiger partial charge < -0.3 is 19.6 Å². The minimum Gasteiger partial charge on any atom is -0.480 e. The van der Waals surface area contributed by atoms with Crippen LogP contribution in [0.15, 0.2) is 52.9 Å². The number of hydrogen-bond acceptors (Lipinski definition) is 12. The van der Waals surface area contributed by atoms with E-state index >= 15 is 8.78 Å². The van der Waals surface area contributed by atoms with Crippen molar-refractivity contribution in [2.75, 3.05) is 38.6 Å². The first-order valence-corrected chi connectivity index (χ1v) is 21.7. The number of sulfonamides is 1. The molecule has 61 heavy (non-hydrogen) atoms. The van der Waals surface area contributed by atoms with Crippen molar-refractivity contribution in [3.63, 3.8) is 0 Å². The van der Waals surface area contributed by atoms with E-state index in [9.17, 15) is 31.5 Å². The zero-order valence-corrected chi connectivity index (χ0v) is 33.8. The van der Waals surface area contributed by atoms with Gasteiger partial charge in [0, 0.05) is 38.3 Å². The van der Waals surface area contributed by atoms with E-state index in [-0.39, 0.29) is 52.8 Å². The summed E-state index contributed by atoms with van der Waals surface area (Å²) in [5.41, 5.74) is 1.45. The third-order valence-electron chi connectivity index (χ3n) is 11.9. The van der Waals surface area contributed by atoms with E-state index in [1.54, 1.807) is 41.3 Å². The number of nitrogens with one attached hydrogen (secondary N) is 2. The van der Waals surface area contributed by atoms with Crippen molar-refractivity contribution in [2.45, 2.75) is 75.2 Å². The number of carbonyl (C=O) groups excluding carboxylic acids is 1. The summed E-state index contributed by atoms with van der Waals surface area (Å²) in [6.45, 7) is 1.88. The van der Waals surface area contributed by atoms with Gasteiger partial charge in [-0.3, -0.25) is 19.3 Å². The van der Waals surface area contributed by atoms with Gasteiger partial charge in [-0.25, -0.2) is 27.2 Å². The predicted molar refractivity (Wildman–Crippen MR) is 212 cm³/mol. The number of benzene rings is 3. The highest BCUT2D eigenvalue weighted by atomic mass is 32.2. The maximum Gasteiger partial charge on any atom is 0.437 e.